The molecule has 0 radical (unpaired) electrons. The Kier molecular flexibility index (Phi) is 5.58. The minimum absolute atomic E-state index is 0.296. The highest BCUT2D eigenvalue weighted by Gasteiger charge is 2.21. The zero-order chi connectivity index (χ0) is 15.6. The van der Waals surface area contributed by atoms with Gasteiger partial charge in [-0.2, -0.15) is 0 Å². The van der Waals surface area contributed by atoms with E-state index >= 15 is 0 Å². The lowest BCUT2D eigenvalue weighted by molar-refractivity contribution is 0.386. The van der Waals surface area contributed by atoms with Crippen molar-refractivity contribution in [2.75, 3.05) is 14.2 Å². The van der Waals surface area contributed by atoms with Crippen molar-refractivity contribution in [1.29, 1.82) is 0 Å². The quantitative estimate of drug-likeness (QED) is 0.561. The summed E-state index contributed by atoms with van der Waals surface area (Å²) in [5.74, 6) is 1.41. The van der Waals surface area contributed by atoms with Gasteiger partial charge in [0.2, 0.25) is 0 Å². The van der Waals surface area contributed by atoms with E-state index < -0.39 is 0 Å². The SMILES string of the molecule is COc1ccc(C(Cl)c2ccc(Br)cc2C)c(OC)c1Br. The smallest absolute Gasteiger partial charge is 0.141 e. The molecule has 0 saturated heterocycles. The highest BCUT2D eigenvalue weighted by molar-refractivity contribution is 9.11. The molecule has 0 bridgehead atoms. The molecule has 0 N–H and O–H groups in total. The zero-order valence-electron chi connectivity index (χ0n) is 11.9. The molecule has 5 heteroatoms. The van der Waals surface area contributed by atoms with Gasteiger partial charge in [0.15, 0.2) is 0 Å². The van der Waals surface area contributed by atoms with E-state index in [1.165, 1.54) is 0 Å². The summed E-state index contributed by atoms with van der Waals surface area (Å²) in [4.78, 5) is 0. The summed E-state index contributed by atoms with van der Waals surface area (Å²) in [7, 11) is 3.25. The molecule has 0 amide bonds. The number of halogens is 3. The molecule has 2 aromatic rings. The average Bonchev–Trinajstić information content (AvgIpc) is 2.46. The summed E-state index contributed by atoms with van der Waals surface area (Å²) in [5, 5.41) is -0.296. The molecule has 0 saturated carbocycles. The normalized spacial score (nSPS) is 12.1. The molecule has 0 aliphatic heterocycles. The molecule has 21 heavy (non-hydrogen) atoms. The summed E-state index contributed by atoms with van der Waals surface area (Å²) in [6, 6.07) is 9.88. The Bertz CT molecular complexity index is 659. The van der Waals surface area contributed by atoms with Crippen LogP contribution < -0.4 is 9.47 Å². The van der Waals surface area contributed by atoms with Crippen molar-refractivity contribution in [3.05, 3.63) is 56.0 Å². The number of methoxy groups -OCH3 is 2. The first-order valence-electron chi connectivity index (χ1n) is 6.30. The monoisotopic (exact) mass is 432 g/mol. The van der Waals surface area contributed by atoms with Crippen LogP contribution in [0.4, 0.5) is 0 Å². The van der Waals surface area contributed by atoms with Gasteiger partial charge in [-0.1, -0.05) is 22.0 Å². The van der Waals surface area contributed by atoms with Gasteiger partial charge in [-0.05, 0) is 58.2 Å². The van der Waals surface area contributed by atoms with E-state index in [0.29, 0.717) is 11.5 Å². The van der Waals surface area contributed by atoms with Crippen LogP contribution in [0.25, 0.3) is 0 Å². The van der Waals surface area contributed by atoms with Crippen LogP contribution in [-0.2, 0) is 0 Å². The number of aryl methyl sites for hydroxylation is 1. The van der Waals surface area contributed by atoms with Gasteiger partial charge in [0.05, 0.1) is 19.6 Å². The van der Waals surface area contributed by atoms with Crippen LogP contribution in [-0.4, -0.2) is 14.2 Å². The molecule has 1 unspecified atom stereocenters. The highest BCUT2D eigenvalue weighted by atomic mass is 79.9. The molecular formula is C16H15Br2ClO2. The number of hydrogen-bond donors (Lipinski definition) is 0. The van der Waals surface area contributed by atoms with Crippen LogP contribution in [0.3, 0.4) is 0 Å². The maximum Gasteiger partial charge on any atom is 0.141 e. The molecule has 1 atom stereocenters. The third kappa shape index (κ3) is 3.38. The van der Waals surface area contributed by atoms with Gasteiger partial charge < -0.3 is 9.47 Å². The van der Waals surface area contributed by atoms with Crippen molar-refractivity contribution < 1.29 is 9.47 Å². The fraction of sp³-hybridized carbons (Fsp3) is 0.250. The fourth-order valence-electron chi connectivity index (χ4n) is 2.21. The van der Waals surface area contributed by atoms with Crippen molar-refractivity contribution in [1.82, 2.24) is 0 Å². The third-order valence-electron chi connectivity index (χ3n) is 3.29. The Hall–Kier alpha value is -0.710. The van der Waals surface area contributed by atoms with Crippen LogP contribution in [0.1, 0.15) is 22.1 Å². The van der Waals surface area contributed by atoms with Gasteiger partial charge in [-0.25, -0.2) is 0 Å². The molecule has 0 spiro atoms. The maximum atomic E-state index is 6.68. The zero-order valence-corrected chi connectivity index (χ0v) is 15.8. The van der Waals surface area contributed by atoms with Gasteiger partial charge in [-0.3, -0.25) is 0 Å². The average molecular weight is 435 g/mol. The van der Waals surface area contributed by atoms with E-state index in [9.17, 15) is 0 Å². The lowest BCUT2D eigenvalue weighted by Crippen LogP contribution is -2.01. The van der Waals surface area contributed by atoms with Crippen LogP contribution in [0.15, 0.2) is 39.3 Å². The van der Waals surface area contributed by atoms with Crippen molar-refractivity contribution in [3.63, 3.8) is 0 Å². The summed E-state index contributed by atoms with van der Waals surface area (Å²) < 4.78 is 12.6. The Morgan fingerprint density at radius 3 is 2.24 bits per heavy atom. The van der Waals surface area contributed by atoms with Crippen molar-refractivity contribution in [2.24, 2.45) is 0 Å². The minimum atomic E-state index is -0.296. The van der Waals surface area contributed by atoms with E-state index in [0.717, 1.165) is 25.6 Å². The second kappa shape index (κ2) is 7.03. The van der Waals surface area contributed by atoms with Crippen molar-refractivity contribution in [2.45, 2.75) is 12.3 Å². The predicted molar refractivity (Wildman–Crippen MR) is 93.8 cm³/mol. The lowest BCUT2D eigenvalue weighted by Gasteiger charge is -2.19. The molecule has 0 aliphatic rings. The first-order chi connectivity index (χ1) is 9.99. The van der Waals surface area contributed by atoms with Crippen LogP contribution >= 0.6 is 43.5 Å². The summed E-state index contributed by atoms with van der Waals surface area (Å²) in [6.07, 6.45) is 0. The molecular weight excluding hydrogens is 419 g/mol. The fourth-order valence-corrected chi connectivity index (χ4v) is 3.79. The Morgan fingerprint density at radius 1 is 1.00 bits per heavy atom. The van der Waals surface area contributed by atoms with Gasteiger partial charge in [-0.15, -0.1) is 11.6 Å². The molecule has 0 aliphatic carbocycles. The van der Waals surface area contributed by atoms with E-state index in [4.69, 9.17) is 21.1 Å². The van der Waals surface area contributed by atoms with Crippen LogP contribution in [0.5, 0.6) is 11.5 Å². The van der Waals surface area contributed by atoms with Crippen LogP contribution in [0, 0.1) is 6.92 Å². The number of benzene rings is 2. The van der Waals surface area contributed by atoms with E-state index in [-0.39, 0.29) is 5.38 Å². The second-order valence-corrected chi connectivity index (χ2v) is 6.71. The Morgan fingerprint density at radius 2 is 1.67 bits per heavy atom. The lowest BCUT2D eigenvalue weighted by atomic mass is 9.99. The molecule has 0 heterocycles. The minimum Gasteiger partial charge on any atom is -0.495 e. The van der Waals surface area contributed by atoms with Crippen molar-refractivity contribution in [3.8, 4) is 11.5 Å². The van der Waals surface area contributed by atoms with E-state index in [1.54, 1.807) is 14.2 Å². The number of hydrogen-bond acceptors (Lipinski definition) is 2. The third-order valence-corrected chi connectivity index (χ3v) is 5.01. The summed E-state index contributed by atoms with van der Waals surface area (Å²) >= 11 is 13.7. The van der Waals surface area contributed by atoms with Crippen LogP contribution in [0.2, 0.25) is 0 Å². The molecule has 2 rings (SSSR count). The Labute approximate surface area is 146 Å². The largest absolute Gasteiger partial charge is 0.495 e. The first kappa shape index (κ1) is 16.7. The standard InChI is InChI=1S/C16H15Br2ClO2/c1-9-8-10(17)4-5-11(9)15(19)12-6-7-13(20-2)14(18)16(12)21-3/h4-8,15H,1-3H3. The highest BCUT2D eigenvalue weighted by Crippen LogP contribution is 2.44. The molecule has 0 aromatic heterocycles. The molecule has 112 valence electrons. The molecule has 2 nitrogen and oxygen atoms in total. The molecule has 0 fully saturated rings. The first-order valence-corrected chi connectivity index (χ1v) is 8.32. The number of ether oxygens (including phenoxy) is 2. The van der Waals surface area contributed by atoms with Gasteiger partial charge in [0, 0.05) is 10.0 Å². The summed E-state index contributed by atoms with van der Waals surface area (Å²) in [6.45, 7) is 2.04. The van der Waals surface area contributed by atoms with Crippen molar-refractivity contribution >= 4 is 43.5 Å². The number of rotatable bonds is 4. The Balaban J connectivity index is 2.52. The maximum absolute atomic E-state index is 6.68. The van der Waals surface area contributed by atoms with E-state index in [1.807, 2.05) is 31.2 Å². The van der Waals surface area contributed by atoms with Gasteiger partial charge in [0.1, 0.15) is 16.0 Å². The van der Waals surface area contributed by atoms with E-state index in [2.05, 4.69) is 37.9 Å². The predicted octanol–water partition coefficient (Wildman–Crippen LogP) is 5.87. The number of alkyl halides is 1. The summed E-state index contributed by atoms with van der Waals surface area (Å²) in [5.41, 5.74) is 3.07. The second-order valence-electron chi connectivity index (χ2n) is 4.57. The van der Waals surface area contributed by atoms with Gasteiger partial charge >= 0.3 is 0 Å². The molecule has 2 aromatic carbocycles. The van der Waals surface area contributed by atoms with Gasteiger partial charge in [0.25, 0.3) is 0 Å². The topological polar surface area (TPSA) is 18.5 Å².